The molecule has 120 valence electrons. The zero-order valence-electron chi connectivity index (χ0n) is 13.8. The number of aryl methyl sites for hydroxylation is 3. The molecule has 0 bridgehead atoms. The van der Waals surface area contributed by atoms with Crippen molar-refractivity contribution in [2.75, 3.05) is 6.54 Å². The highest BCUT2D eigenvalue weighted by atomic mass is 32.2. The van der Waals surface area contributed by atoms with Gasteiger partial charge in [0, 0.05) is 32.4 Å². The van der Waals surface area contributed by atoms with Crippen LogP contribution >= 0.6 is 0 Å². The van der Waals surface area contributed by atoms with Gasteiger partial charge in [0.1, 0.15) is 5.82 Å². The minimum Gasteiger partial charge on any atom is -0.338 e. The molecule has 5 nitrogen and oxygen atoms in total. The molecule has 0 radical (unpaired) electrons. The summed E-state index contributed by atoms with van der Waals surface area (Å²) >= 11 is 0. The van der Waals surface area contributed by atoms with Crippen molar-refractivity contribution in [3.63, 3.8) is 0 Å². The topological polar surface area (TPSA) is 64.0 Å². The van der Waals surface area contributed by atoms with E-state index in [4.69, 9.17) is 0 Å². The lowest BCUT2D eigenvalue weighted by atomic mass is 10.0. The van der Waals surface area contributed by atoms with Crippen LogP contribution in [0.25, 0.3) is 0 Å². The van der Waals surface area contributed by atoms with Gasteiger partial charge in [0.25, 0.3) is 0 Å². The summed E-state index contributed by atoms with van der Waals surface area (Å²) in [7, 11) is -1.62. The third-order valence-electron chi connectivity index (χ3n) is 4.13. The molecular weight excluding hydrogens is 298 g/mol. The molecule has 22 heavy (non-hydrogen) atoms. The van der Waals surface area contributed by atoms with Crippen molar-refractivity contribution >= 4 is 10.0 Å². The first-order valence-corrected chi connectivity index (χ1v) is 8.75. The maximum absolute atomic E-state index is 12.7. The predicted octanol–water partition coefficient (Wildman–Crippen LogP) is 2.17. The highest BCUT2D eigenvalue weighted by molar-refractivity contribution is 7.89. The first-order valence-electron chi connectivity index (χ1n) is 7.27. The average Bonchev–Trinajstić information content (AvgIpc) is 2.82. The molecule has 0 atom stereocenters. The summed E-state index contributed by atoms with van der Waals surface area (Å²) in [6.07, 6.45) is 4.12. The molecular formula is C16H23N3O2S. The fraction of sp³-hybridized carbons (Fsp3) is 0.438. The second-order valence-electron chi connectivity index (χ2n) is 5.69. The van der Waals surface area contributed by atoms with Crippen LogP contribution in [0.4, 0.5) is 0 Å². The Morgan fingerprint density at radius 2 is 1.73 bits per heavy atom. The van der Waals surface area contributed by atoms with Gasteiger partial charge in [0.15, 0.2) is 0 Å². The standard InChI is InChI=1S/C16H23N3O2S/c1-11-10-12(2)14(4)16(13(11)3)22(20,21)18-7-6-15-17-8-9-19(15)5/h8-10,18H,6-7H2,1-5H3. The number of nitrogens with zero attached hydrogens (tertiary/aromatic N) is 2. The molecule has 1 aromatic carbocycles. The Morgan fingerprint density at radius 3 is 2.23 bits per heavy atom. The lowest BCUT2D eigenvalue weighted by Crippen LogP contribution is -2.28. The molecule has 0 fully saturated rings. The highest BCUT2D eigenvalue weighted by Gasteiger charge is 2.21. The van der Waals surface area contributed by atoms with Gasteiger partial charge < -0.3 is 4.57 Å². The van der Waals surface area contributed by atoms with E-state index < -0.39 is 10.0 Å². The van der Waals surface area contributed by atoms with Gasteiger partial charge in [0.05, 0.1) is 4.90 Å². The van der Waals surface area contributed by atoms with Crippen LogP contribution in [-0.4, -0.2) is 24.5 Å². The second-order valence-corrected chi connectivity index (χ2v) is 7.40. The molecule has 1 aromatic heterocycles. The molecule has 2 rings (SSSR count). The van der Waals surface area contributed by atoms with E-state index in [1.165, 1.54) is 0 Å². The van der Waals surface area contributed by atoms with E-state index in [1.54, 1.807) is 6.20 Å². The Balaban J connectivity index is 2.23. The van der Waals surface area contributed by atoms with E-state index in [9.17, 15) is 8.42 Å². The molecule has 0 aliphatic carbocycles. The van der Waals surface area contributed by atoms with Gasteiger partial charge in [-0.3, -0.25) is 0 Å². The number of hydrogen-bond acceptors (Lipinski definition) is 3. The number of aromatic nitrogens is 2. The van der Waals surface area contributed by atoms with E-state index in [-0.39, 0.29) is 0 Å². The molecule has 1 heterocycles. The maximum Gasteiger partial charge on any atom is 0.241 e. The summed E-state index contributed by atoms with van der Waals surface area (Å²) in [4.78, 5) is 4.61. The monoisotopic (exact) mass is 321 g/mol. The van der Waals surface area contributed by atoms with Gasteiger partial charge in [-0.15, -0.1) is 0 Å². The number of hydrogen-bond donors (Lipinski definition) is 1. The largest absolute Gasteiger partial charge is 0.338 e. The molecule has 6 heteroatoms. The maximum atomic E-state index is 12.7. The molecule has 0 aliphatic rings. The highest BCUT2D eigenvalue weighted by Crippen LogP contribution is 2.25. The lowest BCUT2D eigenvalue weighted by molar-refractivity contribution is 0.578. The van der Waals surface area contributed by atoms with Crippen LogP contribution in [0.15, 0.2) is 23.4 Å². The van der Waals surface area contributed by atoms with Gasteiger partial charge in [-0.1, -0.05) is 6.07 Å². The summed E-state index contributed by atoms with van der Waals surface area (Å²) in [5.41, 5.74) is 3.61. The smallest absolute Gasteiger partial charge is 0.241 e. The van der Waals surface area contributed by atoms with Gasteiger partial charge in [-0.2, -0.15) is 0 Å². The fourth-order valence-electron chi connectivity index (χ4n) is 2.59. The van der Waals surface area contributed by atoms with E-state index in [2.05, 4.69) is 9.71 Å². The van der Waals surface area contributed by atoms with Crippen molar-refractivity contribution < 1.29 is 8.42 Å². The summed E-state index contributed by atoms with van der Waals surface area (Å²) in [5.74, 6) is 0.858. The number of imidazole rings is 1. The van der Waals surface area contributed by atoms with Crippen LogP contribution in [0.1, 0.15) is 28.1 Å². The van der Waals surface area contributed by atoms with E-state index in [1.807, 2.05) is 51.6 Å². The lowest BCUT2D eigenvalue weighted by Gasteiger charge is -2.16. The number of nitrogens with one attached hydrogen (secondary N) is 1. The number of benzene rings is 1. The van der Waals surface area contributed by atoms with Crippen LogP contribution in [-0.2, 0) is 23.5 Å². The Morgan fingerprint density at radius 1 is 1.14 bits per heavy atom. The normalized spacial score (nSPS) is 11.9. The third-order valence-corrected chi connectivity index (χ3v) is 5.86. The fourth-order valence-corrected chi connectivity index (χ4v) is 4.23. The summed E-state index contributed by atoms with van der Waals surface area (Å²) in [5, 5.41) is 0. The molecule has 2 aromatic rings. The van der Waals surface area contributed by atoms with Gasteiger partial charge >= 0.3 is 0 Å². The first-order chi connectivity index (χ1) is 10.2. The van der Waals surface area contributed by atoms with Crippen molar-refractivity contribution in [3.05, 3.63) is 46.5 Å². The van der Waals surface area contributed by atoms with Crippen molar-refractivity contribution in [1.82, 2.24) is 14.3 Å². The Kier molecular flexibility index (Phi) is 4.72. The van der Waals surface area contributed by atoms with Crippen LogP contribution in [0.2, 0.25) is 0 Å². The first kappa shape index (κ1) is 16.7. The van der Waals surface area contributed by atoms with Crippen LogP contribution in [0.3, 0.4) is 0 Å². The third kappa shape index (κ3) is 3.23. The molecule has 0 saturated heterocycles. The summed E-state index contributed by atoms with van der Waals surface area (Å²) in [6, 6.07) is 2.03. The molecule has 0 amide bonds. The van der Waals surface area contributed by atoms with Crippen LogP contribution < -0.4 is 4.72 Å². The molecule has 0 saturated carbocycles. The number of rotatable bonds is 5. The van der Waals surface area contributed by atoms with Crippen molar-refractivity contribution in [3.8, 4) is 0 Å². The van der Waals surface area contributed by atoms with Crippen molar-refractivity contribution in [2.45, 2.75) is 39.0 Å². The predicted molar refractivity (Wildman–Crippen MR) is 87.5 cm³/mol. The van der Waals surface area contributed by atoms with Gasteiger partial charge in [-0.05, 0) is 49.9 Å². The molecule has 0 unspecified atom stereocenters. The zero-order chi connectivity index (χ0) is 16.5. The van der Waals surface area contributed by atoms with Crippen LogP contribution in [0.5, 0.6) is 0 Å². The number of sulfonamides is 1. The minimum atomic E-state index is -3.52. The Labute approximate surface area is 132 Å². The molecule has 0 aliphatic heterocycles. The van der Waals surface area contributed by atoms with Crippen molar-refractivity contribution in [1.29, 1.82) is 0 Å². The van der Waals surface area contributed by atoms with Gasteiger partial charge in [0.2, 0.25) is 10.0 Å². The van der Waals surface area contributed by atoms with E-state index >= 15 is 0 Å². The Bertz CT molecular complexity index is 766. The Hall–Kier alpha value is -1.66. The van der Waals surface area contributed by atoms with E-state index in [0.717, 1.165) is 28.1 Å². The quantitative estimate of drug-likeness (QED) is 0.918. The second kappa shape index (κ2) is 6.22. The molecule has 1 N–H and O–H groups in total. The summed E-state index contributed by atoms with van der Waals surface area (Å²) in [6.45, 7) is 7.92. The zero-order valence-corrected chi connectivity index (χ0v) is 14.6. The average molecular weight is 321 g/mol. The SMILES string of the molecule is Cc1cc(C)c(C)c(S(=O)(=O)NCCc2nccn2C)c1C. The molecule has 0 spiro atoms. The summed E-state index contributed by atoms with van der Waals surface area (Å²) < 4.78 is 29.9. The van der Waals surface area contributed by atoms with Crippen molar-refractivity contribution in [2.24, 2.45) is 7.05 Å². The van der Waals surface area contributed by atoms with E-state index in [0.29, 0.717) is 17.9 Å². The minimum absolute atomic E-state index is 0.332. The van der Waals surface area contributed by atoms with Gasteiger partial charge in [-0.25, -0.2) is 18.1 Å². The van der Waals surface area contributed by atoms with Crippen LogP contribution in [0, 0.1) is 27.7 Å².